The molecule has 0 saturated heterocycles. The normalized spacial score (nSPS) is 17.4. The number of ether oxygens (including phenoxy) is 2. The van der Waals surface area contributed by atoms with E-state index < -0.39 is 21.8 Å². The van der Waals surface area contributed by atoms with E-state index in [0.717, 1.165) is 25.7 Å². The molecule has 26 heavy (non-hydrogen) atoms. The van der Waals surface area contributed by atoms with Crippen LogP contribution in [0.4, 0.5) is 5.69 Å². The molecule has 2 aromatic carbocycles. The fourth-order valence-electron chi connectivity index (χ4n) is 3.27. The molecule has 2 aromatic rings. The van der Waals surface area contributed by atoms with E-state index in [9.17, 15) is 13.2 Å². The number of nitrogens with one attached hydrogen (secondary N) is 1. The summed E-state index contributed by atoms with van der Waals surface area (Å²) in [7, 11) is -3.84. The van der Waals surface area contributed by atoms with Crippen LogP contribution in [-0.4, -0.2) is 25.3 Å². The summed E-state index contributed by atoms with van der Waals surface area (Å²) in [4.78, 5) is 10.9. The van der Waals surface area contributed by atoms with Gasteiger partial charge < -0.3 is 14.6 Å². The molecule has 0 unspecified atom stereocenters. The van der Waals surface area contributed by atoms with E-state index in [-0.39, 0.29) is 10.5 Å². The van der Waals surface area contributed by atoms with Crippen LogP contribution in [0.1, 0.15) is 36.0 Å². The van der Waals surface area contributed by atoms with Crippen LogP contribution in [0.3, 0.4) is 0 Å². The lowest BCUT2D eigenvalue weighted by Gasteiger charge is -2.21. The van der Waals surface area contributed by atoms with Crippen molar-refractivity contribution in [1.29, 1.82) is 0 Å². The Labute approximate surface area is 150 Å². The van der Waals surface area contributed by atoms with Crippen molar-refractivity contribution in [2.45, 2.75) is 36.4 Å². The number of hydrogen-bond donors (Lipinski definition) is 2. The van der Waals surface area contributed by atoms with Crippen LogP contribution >= 0.6 is 0 Å². The van der Waals surface area contributed by atoms with Gasteiger partial charge in [0.1, 0.15) is 0 Å². The predicted octanol–water partition coefficient (Wildman–Crippen LogP) is 3.23. The maximum Gasteiger partial charge on any atom is 0.335 e. The Morgan fingerprint density at radius 3 is 2.31 bits per heavy atom. The lowest BCUT2D eigenvalue weighted by molar-refractivity contribution is -0.0716. The van der Waals surface area contributed by atoms with Crippen molar-refractivity contribution in [3.05, 3.63) is 48.0 Å². The number of carboxylic acids is 1. The molecule has 2 N–H and O–H groups in total. The molecular formula is C18H17NO6S. The lowest BCUT2D eigenvalue weighted by atomic mass is 10.2. The summed E-state index contributed by atoms with van der Waals surface area (Å²) < 4.78 is 39.3. The number of aromatic carboxylic acids is 1. The first-order chi connectivity index (χ1) is 12.4. The topological polar surface area (TPSA) is 102 Å². The van der Waals surface area contributed by atoms with Gasteiger partial charge in [0.25, 0.3) is 15.8 Å². The maximum absolute atomic E-state index is 12.5. The van der Waals surface area contributed by atoms with Gasteiger partial charge in [-0.3, -0.25) is 4.72 Å². The van der Waals surface area contributed by atoms with Gasteiger partial charge in [-0.2, -0.15) is 0 Å². The quantitative estimate of drug-likeness (QED) is 0.851. The Balaban J connectivity index is 1.55. The molecule has 1 fully saturated rings. The highest BCUT2D eigenvalue weighted by Gasteiger charge is 2.44. The number of sulfonamides is 1. The van der Waals surface area contributed by atoms with Gasteiger partial charge in [0, 0.05) is 18.9 Å². The first-order valence-corrected chi connectivity index (χ1v) is 9.74. The van der Waals surface area contributed by atoms with Gasteiger partial charge in [0.2, 0.25) is 0 Å². The minimum Gasteiger partial charge on any atom is -0.478 e. The number of benzene rings is 2. The van der Waals surface area contributed by atoms with Crippen LogP contribution in [0, 0.1) is 0 Å². The van der Waals surface area contributed by atoms with Crippen molar-refractivity contribution in [2.75, 3.05) is 4.72 Å². The third-order valence-corrected chi connectivity index (χ3v) is 5.96. The third kappa shape index (κ3) is 2.96. The molecule has 4 rings (SSSR count). The Bertz CT molecular complexity index is 962. The van der Waals surface area contributed by atoms with Gasteiger partial charge in [0.05, 0.1) is 16.1 Å². The van der Waals surface area contributed by atoms with Crippen molar-refractivity contribution in [2.24, 2.45) is 0 Å². The molecule has 0 amide bonds. The van der Waals surface area contributed by atoms with Crippen LogP contribution in [0.2, 0.25) is 0 Å². The summed E-state index contributed by atoms with van der Waals surface area (Å²) in [6.07, 6.45) is 3.72. The van der Waals surface area contributed by atoms with Crippen LogP contribution in [0.5, 0.6) is 11.5 Å². The molecule has 0 bridgehead atoms. The smallest absolute Gasteiger partial charge is 0.335 e. The van der Waals surface area contributed by atoms with Crippen molar-refractivity contribution in [3.8, 4) is 11.5 Å². The van der Waals surface area contributed by atoms with Crippen LogP contribution in [-0.2, 0) is 10.0 Å². The predicted molar refractivity (Wildman–Crippen MR) is 93.1 cm³/mol. The van der Waals surface area contributed by atoms with E-state index >= 15 is 0 Å². The second-order valence-electron chi connectivity index (χ2n) is 6.42. The Morgan fingerprint density at radius 2 is 1.65 bits per heavy atom. The number of rotatable bonds is 4. The van der Waals surface area contributed by atoms with Crippen LogP contribution < -0.4 is 14.2 Å². The van der Waals surface area contributed by atoms with Gasteiger partial charge in [-0.25, -0.2) is 13.2 Å². The summed E-state index contributed by atoms with van der Waals surface area (Å²) in [5.74, 6) is -0.584. The highest BCUT2D eigenvalue weighted by atomic mass is 32.2. The molecule has 7 nitrogen and oxygen atoms in total. The van der Waals surface area contributed by atoms with E-state index in [2.05, 4.69) is 4.72 Å². The minimum absolute atomic E-state index is 0.0209. The van der Waals surface area contributed by atoms with E-state index in [1.165, 1.54) is 24.3 Å². The largest absolute Gasteiger partial charge is 0.478 e. The Morgan fingerprint density at radius 1 is 1.00 bits per heavy atom. The van der Waals surface area contributed by atoms with Gasteiger partial charge in [-0.15, -0.1) is 0 Å². The van der Waals surface area contributed by atoms with Gasteiger partial charge in [-0.05, 0) is 49.2 Å². The zero-order valence-electron chi connectivity index (χ0n) is 13.8. The summed E-state index contributed by atoms with van der Waals surface area (Å²) in [6.45, 7) is 0. The SMILES string of the molecule is O=C(O)c1ccc(S(=O)(=O)Nc2ccc3c(c2)OC2(CCCC2)O3)cc1. The summed E-state index contributed by atoms with van der Waals surface area (Å²) in [5, 5.41) is 8.90. The summed E-state index contributed by atoms with van der Waals surface area (Å²) in [5.41, 5.74) is 0.374. The van der Waals surface area contributed by atoms with E-state index in [1.807, 2.05) is 0 Å². The molecule has 136 valence electrons. The molecule has 0 aromatic heterocycles. The molecule has 1 aliphatic carbocycles. The zero-order valence-corrected chi connectivity index (χ0v) is 14.6. The molecule has 1 spiro atoms. The maximum atomic E-state index is 12.5. The van der Waals surface area contributed by atoms with Crippen molar-refractivity contribution >= 4 is 21.7 Å². The number of anilines is 1. The Hall–Kier alpha value is -2.74. The highest BCUT2D eigenvalue weighted by molar-refractivity contribution is 7.92. The van der Waals surface area contributed by atoms with Crippen LogP contribution in [0.25, 0.3) is 0 Å². The molecular weight excluding hydrogens is 358 g/mol. The second-order valence-corrected chi connectivity index (χ2v) is 8.10. The minimum atomic E-state index is -3.84. The molecule has 1 heterocycles. The fraction of sp³-hybridized carbons (Fsp3) is 0.278. The standard InChI is InChI=1S/C18H17NO6S/c20-17(21)12-3-6-14(7-4-12)26(22,23)19-13-5-8-15-16(11-13)25-18(24-15)9-1-2-10-18/h3-8,11,19H,1-2,9-10H2,(H,20,21). The number of carboxylic acid groups (broad SMARTS) is 1. The number of fused-ring (bicyclic) bond motifs is 1. The fourth-order valence-corrected chi connectivity index (χ4v) is 4.32. The first kappa shape index (κ1) is 16.7. The average molecular weight is 375 g/mol. The third-order valence-electron chi connectivity index (χ3n) is 4.56. The van der Waals surface area contributed by atoms with Gasteiger partial charge in [-0.1, -0.05) is 0 Å². The summed E-state index contributed by atoms with van der Waals surface area (Å²) in [6, 6.07) is 9.91. The monoisotopic (exact) mass is 375 g/mol. The molecule has 2 aliphatic rings. The number of hydrogen-bond acceptors (Lipinski definition) is 5. The van der Waals surface area contributed by atoms with E-state index in [4.69, 9.17) is 14.6 Å². The lowest BCUT2D eigenvalue weighted by Crippen LogP contribution is -2.34. The molecule has 0 atom stereocenters. The Kier molecular flexibility index (Phi) is 3.80. The molecule has 1 aliphatic heterocycles. The van der Waals surface area contributed by atoms with Crippen molar-refractivity contribution in [1.82, 2.24) is 0 Å². The highest BCUT2D eigenvalue weighted by Crippen LogP contribution is 2.47. The van der Waals surface area contributed by atoms with E-state index in [1.54, 1.807) is 18.2 Å². The molecule has 8 heteroatoms. The van der Waals surface area contributed by atoms with Gasteiger partial charge >= 0.3 is 5.97 Å². The second kappa shape index (κ2) is 5.91. The van der Waals surface area contributed by atoms with Crippen molar-refractivity contribution < 1.29 is 27.8 Å². The average Bonchev–Trinajstić information content (AvgIpc) is 3.20. The zero-order chi connectivity index (χ0) is 18.4. The molecule has 1 saturated carbocycles. The van der Waals surface area contributed by atoms with Gasteiger partial charge in [0.15, 0.2) is 11.5 Å². The summed E-state index contributed by atoms with van der Waals surface area (Å²) >= 11 is 0. The molecule has 0 radical (unpaired) electrons. The number of carbonyl (C=O) groups is 1. The van der Waals surface area contributed by atoms with E-state index in [0.29, 0.717) is 17.2 Å². The van der Waals surface area contributed by atoms with Crippen molar-refractivity contribution in [3.63, 3.8) is 0 Å². The first-order valence-electron chi connectivity index (χ1n) is 8.25. The van der Waals surface area contributed by atoms with Crippen LogP contribution in [0.15, 0.2) is 47.4 Å².